The maximum Gasteiger partial charge on any atom is 0.150 e. The van der Waals surface area contributed by atoms with Gasteiger partial charge in [0, 0.05) is 18.5 Å². The molecule has 0 fully saturated rings. The second kappa shape index (κ2) is 3.84. The van der Waals surface area contributed by atoms with Gasteiger partial charge in [0.1, 0.15) is 16.7 Å². The van der Waals surface area contributed by atoms with Gasteiger partial charge in [-0.3, -0.25) is 9.97 Å². The fraction of sp³-hybridized carbons (Fsp3) is 0.200. The number of fused-ring (bicyclic) bond motifs is 1. The zero-order valence-corrected chi connectivity index (χ0v) is 8.61. The average molecular weight is 206 g/mol. The zero-order chi connectivity index (χ0) is 9.97. The summed E-state index contributed by atoms with van der Waals surface area (Å²) in [6, 6.07) is 5.55. The van der Waals surface area contributed by atoms with Crippen molar-refractivity contribution in [2.24, 2.45) is 0 Å². The average Bonchev–Trinajstić information content (AvgIpc) is 2.18. The summed E-state index contributed by atoms with van der Waals surface area (Å²) in [6.07, 6.45) is 3.43. The molecule has 2 aromatic heterocycles. The van der Waals surface area contributed by atoms with E-state index >= 15 is 0 Å². The van der Waals surface area contributed by atoms with Crippen LogP contribution in [0.4, 0.5) is 0 Å². The highest BCUT2D eigenvalue weighted by Gasteiger charge is 2.04. The molecule has 72 valence electrons. The van der Waals surface area contributed by atoms with Crippen molar-refractivity contribution in [1.82, 2.24) is 9.97 Å². The molecule has 0 radical (unpaired) electrons. The Morgan fingerprint density at radius 3 is 2.93 bits per heavy atom. The predicted octanol–water partition coefficient (Wildman–Crippen LogP) is 2.28. The molecule has 2 heterocycles. The highest BCUT2D eigenvalue weighted by molar-refractivity contribution is 7.80. The Kier molecular flexibility index (Phi) is 2.54. The third kappa shape index (κ3) is 1.80. The molecule has 2 aromatic rings. The first-order chi connectivity index (χ1) is 6.77. The van der Waals surface area contributed by atoms with Crippen molar-refractivity contribution in [3.05, 3.63) is 30.6 Å². The van der Waals surface area contributed by atoms with Crippen molar-refractivity contribution in [2.45, 2.75) is 12.4 Å². The lowest BCUT2D eigenvalue weighted by Crippen LogP contribution is -2.03. The molecule has 1 atom stereocenters. The molecule has 0 aliphatic rings. The maximum absolute atomic E-state index is 5.49. The molecule has 2 rings (SSSR count). The van der Waals surface area contributed by atoms with Crippen molar-refractivity contribution >= 4 is 23.7 Å². The molecule has 0 bridgehead atoms. The minimum absolute atomic E-state index is 0.150. The highest BCUT2D eigenvalue weighted by Crippen LogP contribution is 2.22. The Labute approximate surface area is 87.6 Å². The van der Waals surface area contributed by atoms with Crippen molar-refractivity contribution in [2.75, 3.05) is 0 Å². The molecule has 0 aromatic carbocycles. The van der Waals surface area contributed by atoms with E-state index in [2.05, 4.69) is 22.6 Å². The van der Waals surface area contributed by atoms with E-state index in [-0.39, 0.29) is 5.44 Å². The monoisotopic (exact) mass is 206 g/mol. The van der Waals surface area contributed by atoms with Crippen LogP contribution in [0.1, 0.15) is 6.92 Å². The van der Waals surface area contributed by atoms with Gasteiger partial charge in [-0.15, -0.1) is 12.6 Å². The first-order valence-electron chi connectivity index (χ1n) is 4.32. The zero-order valence-electron chi connectivity index (χ0n) is 7.71. The Balaban J connectivity index is 2.53. The number of thiol groups is 1. The van der Waals surface area contributed by atoms with Crippen LogP contribution in [-0.2, 0) is 0 Å². The number of aromatic nitrogens is 2. The number of hydrogen-bond donors (Lipinski definition) is 1. The molecule has 0 aliphatic carbocycles. The summed E-state index contributed by atoms with van der Waals surface area (Å²) in [6.45, 7) is 1.86. The van der Waals surface area contributed by atoms with Crippen molar-refractivity contribution in [3.8, 4) is 5.75 Å². The smallest absolute Gasteiger partial charge is 0.150 e. The molecule has 0 amide bonds. The first-order valence-corrected chi connectivity index (χ1v) is 4.83. The standard InChI is InChI=1S/C10H10N2OS/c1-7(14)13-9-4-6-11-8-3-2-5-12-10(8)9/h2-7,14H,1H3/t7-/m1/s1. The van der Waals surface area contributed by atoms with Crippen molar-refractivity contribution in [1.29, 1.82) is 0 Å². The maximum atomic E-state index is 5.49. The van der Waals surface area contributed by atoms with Gasteiger partial charge in [-0.1, -0.05) is 0 Å². The SMILES string of the molecule is C[C@@H](S)Oc1ccnc2cccnc12. The Hall–Kier alpha value is -1.29. The first kappa shape index (κ1) is 9.27. The molecule has 4 heteroatoms. The van der Waals surface area contributed by atoms with E-state index in [1.54, 1.807) is 18.5 Å². The van der Waals surface area contributed by atoms with Crippen LogP contribution in [0.2, 0.25) is 0 Å². The molecule has 0 unspecified atom stereocenters. The molecule has 0 aliphatic heterocycles. The van der Waals surface area contributed by atoms with E-state index in [9.17, 15) is 0 Å². The summed E-state index contributed by atoms with van der Waals surface area (Å²) in [7, 11) is 0. The van der Waals surface area contributed by atoms with Gasteiger partial charge in [0.15, 0.2) is 0 Å². The van der Waals surface area contributed by atoms with Crippen LogP contribution < -0.4 is 4.74 Å². The van der Waals surface area contributed by atoms with E-state index in [1.165, 1.54) is 0 Å². The van der Waals surface area contributed by atoms with Gasteiger partial charge in [0.2, 0.25) is 0 Å². The number of hydrogen-bond acceptors (Lipinski definition) is 4. The van der Waals surface area contributed by atoms with E-state index in [4.69, 9.17) is 4.74 Å². The Morgan fingerprint density at radius 2 is 2.14 bits per heavy atom. The van der Waals surface area contributed by atoms with Gasteiger partial charge in [0.05, 0.1) is 5.52 Å². The van der Waals surface area contributed by atoms with Crippen LogP contribution in [0, 0.1) is 0 Å². The molecule has 0 N–H and O–H groups in total. The lowest BCUT2D eigenvalue weighted by molar-refractivity contribution is 0.313. The number of rotatable bonds is 2. The molecule has 3 nitrogen and oxygen atoms in total. The molecule has 0 saturated carbocycles. The minimum atomic E-state index is -0.150. The third-order valence-corrected chi connectivity index (χ3v) is 1.86. The van der Waals surface area contributed by atoms with Crippen LogP contribution in [0.15, 0.2) is 30.6 Å². The molecule has 14 heavy (non-hydrogen) atoms. The van der Waals surface area contributed by atoms with Crippen LogP contribution in [0.3, 0.4) is 0 Å². The second-order valence-electron chi connectivity index (χ2n) is 2.90. The van der Waals surface area contributed by atoms with E-state index in [0.717, 1.165) is 16.8 Å². The van der Waals surface area contributed by atoms with Crippen LogP contribution in [0.25, 0.3) is 11.0 Å². The number of pyridine rings is 2. The summed E-state index contributed by atoms with van der Waals surface area (Å²) < 4.78 is 5.49. The summed E-state index contributed by atoms with van der Waals surface area (Å²) >= 11 is 4.16. The van der Waals surface area contributed by atoms with Gasteiger partial charge in [-0.05, 0) is 19.1 Å². The van der Waals surface area contributed by atoms with Crippen LogP contribution in [0.5, 0.6) is 5.75 Å². The van der Waals surface area contributed by atoms with E-state index in [1.807, 2.05) is 19.1 Å². The second-order valence-corrected chi connectivity index (χ2v) is 3.62. The predicted molar refractivity (Wildman–Crippen MR) is 58.6 cm³/mol. The fourth-order valence-electron chi connectivity index (χ4n) is 1.23. The fourth-order valence-corrected chi connectivity index (χ4v) is 1.35. The van der Waals surface area contributed by atoms with E-state index in [0.29, 0.717) is 0 Å². The summed E-state index contributed by atoms with van der Waals surface area (Å²) in [5.74, 6) is 0.720. The molecular formula is C10H10N2OS. The van der Waals surface area contributed by atoms with Gasteiger partial charge in [-0.25, -0.2) is 0 Å². The molecule has 0 spiro atoms. The van der Waals surface area contributed by atoms with Crippen LogP contribution >= 0.6 is 12.6 Å². The number of ether oxygens (including phenoxy) is 1. The topological polar surface area (TPSA) is 35.0 Å². The normalized spacial score (nSPS) is 12.7. The quantitative estimate of drug-likeness (QED) is 0.604. The van der Waals surface area contributed by atoms with Crippen molar-refractivity contribution in [3.63, 3.8) is 0 Å². The van der Waals surface area contributed by atoms with Crippen LogP contribution in [-0.4, -0.2) is 15.4 Å². The third-order valence-electron chi connectivity index (χ3n) is 1.76. The largest absolute Gasteiger partial charge is 0.478 e. The van der Waals surface area contributed by atoms with Gasteiger partial charge in [-0.2, -0.15) is 0 Å². The lowest BCUT2D eigenvalue weighted by Gasteiger charge is -2.09. The number of nitrogens with zero attached hydrogens (tertiary/aromatic N) is 2. The highest BCUT2D eigenvalue weighted by atomic mass is 32.1. The molecular weight excluding hydrogens is 196 g/mol. The van der Waals surface area contributed by atoms with Gasteiger partial charge < -0.3 is 4.74 Å². The molecule has 0 saturated heterocycles. The van der Waals surface area contributed by atoms with E-state index < -0.39 is 0 Å². The van der Waals surface area contributed by atoms with Gasteiger partial charge >= 0.3 is 0 Å². The lowest BCUT2D eigenvalue weighted by atomic mass is 10.3. The summed E-state index contributed by atoms with van der Waals surface area (Å²) in [5.41, 5.74) is 1.46. The minimum Gasteiger partial charge on any atom is -0.478 e. The Bertz CT molecular complexity index is 440. The summed E-state index contributed by atoms with van der Waals surface area (Å²) in [4.78, 5) is 8.39. The van der Waals surface area contributed by atoms with Crippen molar-refractivity contribution < 1.29 is 4.74 Å². The Morgan fingerprint density at radius 1 is 1.29 bits per heavy atom. The van der Waals surface area contributed by atoms with Gasteiger partial charge in [0.25, 0.3) is 0 Å². The summed E-state index contributed by atoms with van der Waals surface area (Å²) in [5, 5.41) is 0.